The van der Waals surface area contributed by atoms with Crippen molar-refractivity contribution >= 4 is 22.8 Å². The van der Waals surface area contributed by atoms with Crippen LogP contribution in [0.5, 0.6) is 5.75 Å². The number of fused-ring (bicyclic) bond motifs is 1. The van der Waals surface area contributed by atoms with E-state index in [9.17, 15) is 9.90 Å². The number of aromatic hydroxyl groups is 1. The first kappa shape index (κ1) is 19.0. The molecule has 1 aromatic carbocycles. The molecule has 4 aromatic rings. The summed E-state index contributed by atoms with van der Waals surface area (Å²) in [6.07, 6.45) is 6.60. The summed E-state index contributed by atoms with van der Waals surface area (Å²) in [4.78, 5) is 20.7. The number of phenols is 1. The maximum absolute atomic E-state index is 11.9. The second-order valence-electron chi connectivity index (χ2n) is 7.78. The molecular formula is C21H21N7O3. The van der Waals surface area contributed by atoms with Gasteiger partial charge in [0.1, 0.15) is 11.3 Å². The Morgan fingerprint density at radius 2 is 1.97 bits per heavy atom. The van der Waals surface area contributed by atoms with Crippen LogP contribution in [0, 0.1) is 0 Å². The highest BCUT2D eigenvalue weighted by Gasteiger charge is 2.31. The molecule has 3 heterocycles. The number of carbonyl (C=O) groups is 1. The van der Waals surface area contributed by atoms with Crippen molar-refractivity contribution < 1.29 is 14.5 Å². The average molecular weight is 419 g/mol. The monoisotopic (exact) mass is 419 g/mol. The third-order valence-electron chi connectivity index (χ3n) is 6.04. The van der Waals surface area contributed by atoms with Crippen molar-refractivity contribution in [3.63, 3.8) is 0 Å². The number of imidazole rings is 1. The lowest BCUT2D eigenvalue weighted by atomic mass is 9.79. The van der Waals surface area contributed by atoms with Crippen molar-refractivity contribution in [3.05, 3.63) is 47.8 Å². The van der Waals surface area contributed by atoms with E-state index in [-0.39, 0.29) is 23.5 Å². The molecule has 1 aliphatic carbocycles. The maximum atomic E-state index is 11.9. The van der Waals surface area contributed by atoms with Gasteiger partial charge in [0.2, 0.25) is 5.91 Å². The normalized spacial score (nSPS) is 19.0. The number of primary amides is 1. The van der Waals surface area contributed by atoms with Crippen LogP contribution in [0.4, 0.5) is 5.82 Å². The van der Waals surface area contributed by atoms with Gasteiger partial charge in [-0.3, -0.25) is 9.78 Å². The molecule has 0 bridgehead atoms. The van der Waals surface area contributed by atoms with E-state index in [0.717, 1.165) is 36.7 Å². The highest BCUT2D eigenvalue weighted by atomic mass is 16.6. The Bertz CT molecular complexity index is 1270. The van der Waals surface area contributed by atoms with E-state index in [0.29, 0.717) is 22.6 Å². The van der Waals surface area contributed by atoms with Crippen LogP contribution in [0.2, 0.25) is 0 Å². The fraction of sp³-hybridized carbons (Fsp3) is 0.286. The number of amides is 1. The van der Waals surface area contributed by atoms with Gasteiger partial charge >= 0.3 is 0 Å². The minimum absolute atomic E-state index is 0.0404. The van der Waals surface area contributed by atoms with Crippen molar-refractivity contribution in [1.29, 1.82) is 0 Å². The smallest absolute Gasteiger partial charge is 0.249 e. The predicted octanol–water partition coefficient (Wildman–Crippen LogP) is 2.77. The molecule has 0 radical (unpaired) electrons. The van der Waals surface area contributed by atoms with E-state index in [2.05, 4.69) is 24.8 Å². The highest BCUT2D eigenvalue weighted by molar-refractivity contribution is 5.95. The number of nitrogens with zero attached hydrogens (tertiary/aromatic N) is 5. The third-order valence-corrected chi connectivity index (χ3v) is 6.04. The van der Waals surface area contributed by atoms with E-state index in [1.807, 2.05) is 6.07 Å². The molecule has 0 saturated heterocycles. The summed E-state index contributed by atoms with van der Waals surface area (Å²) < 4.78 is 6.91. The zero-order valence-electron chi connectivity index (χ0n) is 16.6. The van der Waals surface area contributed by atoms with Crippen LogP contribution in [-0.2, 0) is 0 Å². The largest absolute Gasteiger partial charge is 0.508 e. The number of aromatic nitrogens is 5. The van der Waals surface area contributed by atoms with E-state index < -0.39 is 5.91 Å². The number of benzene rings is 1. The van der Waals surface area contributed by atoms with Crippen LogP contribution in [0.1, 0.15) is 53.6 Å². The minimum atomic E-state index is -0.530. The van der Waals surface area contributed by atoms with Gasteiger partial charge in [0.05, 0.1) is 11.7 Å². The first-order chi connectivity index (χ1) is 15.0. The fourth-order valence-electron chi connectivity index (χ4n) is 4.66. The molecule has 10 heteroatoms. The van der Waals surface area contributed by atoms with Crippen molar-refractivity contribution in [2.75, 3.05) is 5.73 Å². The maximum Gasteiger partial charge on any atom is 0.249 e. The van der Waals surface area contributed by atoms with Gasteiger partial charge in [0.25, 0.3) is 0 Å². The third kappa shape index (κ3) is 3.16. The topological polar surface area (TPSA) is 159 Å². The first-order valence-electron chi connectivity index (χ1n) is 10.1. The molecule has 0 atom stereocenters. The summed E-state index contributed by atoms with van der Waals surface area (Å²) >= 11 is 0. The zero-order valence-corrected chi connectivity index (χ0v) is 16.6. The molecule has 10 nitrogen and oxygen atoms in total. The van der Waals surface area contributed by atoms with E-state index >= 15 is 0 Å². The van der Waals surface area contributed by atoms with Crippen LogP contribution < -0.4 is 11.5 Å². The van der Waals surface area contributed by atoms with Crippen molar-refractivity contribution in [2.24, 2.45) is 5.73 Å². The Kier molecular flexibility index (Phi) is 4.54. The summed E-state index contributed by atoms with van der Waals surface area (Å²) in [5.41, 5.74) is 14.6. The van der Waals surface area contributed by atoms with Crippen molar-refractivity contribution in [2.45, 2.75) is 37.6 Å². The number of anilines is 1. The molecule has 0 aliphatic heterocycles. The Morgan fingerprint density at radius 3 is 2.68 bits per heavy atom. The minimum Gasteiger partial charge on any atom is -0.508 e. The summed E-state index contributed by atoms with van der Waals surface area (Å²) in [6, 6.07) is 6.94. The summed E-state index contributed by atoms with van der Waals surface area (Å²) in [6.45, 7) is 0. The van der Waals surface area contributed by atoms with Crippen LogP contribution in [-0.4, -0.2) is 35.9 Å². The van der Waals surface area contributed by atoms with Gasteiger partial charge in [-0.2, -0.15) is 0 Å². The molecule has 1 amide bonds. The van der Waals surface area contributed by atoms with Gasteiger partial charge in [-0.15, -0.1) is 0 Å². The predicted molar refractivity (Wildman–Crippen MR) is 112 cm³/mol. The average Bonchev–Trinajstić information content (AvgIpc) is 3.36. The number of hydrogen-bond acceptors (Lipinski definition) is 8. The quantitative estimate of drug-likeness (QED) is 0.455. The molecule has 5 rings (SSSR count). The lowest BCUT2D eigenvalue weighted by molar-refractivity contribution is 0.0998. The molecule has 3 aromatic heterocycles. The molecule has 0 spiro atoms. The fourth-order valence-corrected chi connectivity index (χ4v) is 4.66. The van der Waals surface area contributed by atoms with E-state index in [4.69, 9.17) is 16.1 Å². The number of pyridine rings is 1. The van der Waals surface area contributed by atoms with Crippen LogP contribution in [0.3, 0.4) is 0 Å². The summed E-state index contributed by atoms with van der Waals surface area (Å²) in [5.74, 6) is 0.390. The van der Waals surface area contributed by atoms with Gasteiger partial charge < -0.3 is 21.1 Å². The number of rotatable bonds is 4. The van der Waals surface area contributed by atoms with Gasteiger partial charge in [0.15, 0.2) is 17.3 Å². The van der Waals surface area contributed by atoms with Crippen LogP contribution in [0.25, 0.3) is 22.6 Å². The second kappa shape index (κ2) is 7.38. The van der Waals surface area contributed by atoms with Gasteiger partial charge in [-0.1, -0.05) is 6.07 Å². The second-order valence-corrected chi connectivity index (χ2v) is 7.78. The molecule has 1 aliphatic rings. The van der Waals surface area contributed by atoms with Gasteiger partial charge in [-0.05, 0) is 60.1 Å². The number of phenolic OH excluding ortho intramolecular Hbond substituents is 1. The van der Waals surface area contributed by atoms with Gasteiger partial charge in [-0.25, -0.2) is 9.61 Å². The Morgan fingerprint density at radius 1 is 1.16 bits per heavy atom. The van der Waals surface area contributed by atoms with E-state index in [1.54, 1.807) is 30.6 Å². The van der Waals surface area contributed by atoms with Crippen molar-refractivity contribution in [1.82, 2.24) is 24.8 Å². The van der Waals surface area contributed by atoms with Crippen molar-refractivity contribution in [3.8, 4) is 17.3 Å². The number of hydrogen-bond donors (Lipinski definition) is 3. The molecular weight excluding hydrogens is 398 g/mol. The molecule has 5 N–H and O–H groups in total. The summed E-state index contributed by atoms with van der Waals surface area (Å²) in [5, 5.41) is 18.0. The van der Waals surface area contributed by atoms with E-state index in [1.165, 1.54) is 0 Å². The lowest BCUT2D eigenvalue weighted by Gasteiger charge is -2.31. The summed E-state index contributed by atoms with van der Waals surface area (Å²) in [7, 11) is 0. The first-order valence-corrected chi connectivity index (χ1v) is 10.1. The number of nitrogens with two attached hydrogens (primary N) is 2. The van der Waals surface area contributed by atoms with Crippen LogP contribution >= 0.6 is 0 Å². The molecule has 1 saturated carbocycles. The molecule has 0 unspecified atom stereocenters. The van der Waals surface area contributed by atoms with Crippen LogP contribution in [0.15, 0.2) is 41.3 Å². The zero-order chi connectivity index (χ0) is 21.5. The number of nitrogen functional groups attached to an aromatic ring is 1. The molecule has 158 valence electrons. The standard InChI is InChI=1S/C21H21N7O3/c22-19-18(26-31-27-19)21-25-14-10-24-9-8-15(14)28(21)12-6-4-11(5-7-12)17-13(20(23)30)2-1-3-16(17)29/h1-3,8-12,29H,4-7H2,(H2,22,27)(H2,23,30). The Labute approximate surface area is 176 Å². The van der Waals surface area contributed by atoms with Gasteiger partial charge in [0, 0.05) is 23.4 Å². The Hall–Kier alpha value is -3.95. The highest BCUT2D eigenvalue weighted by Crippen LogP contribution is 2.44. The number of carbonyl (C=O) groups excluding carboxylic acids is 1. The lowest BCUT2D eigenvalue weighted by Crippen LogP contribution is -2.21. The Balaban J connectivity index is 1.50. The molecule has 31 heavy (non-hydrogen) atoms. The molecule has 1 fully saturated rings. The SMILES string of the molecule is NC(=O)c1cccc(O)c1C1CCC(n2c(-c3nonc3N)nc3cnccc32)CC1.